The van der Waals surface area contributed by atoms with Crippen LogP contribution in [-0.2, 0) is 10.1 Å². The second kappa shape index (κ2) is 15.8. The van der Waals surface area contributed by atoms with E-state index in [2.05, 4.69) is 136 Å². The first-order valence-corrected chi connectivity index (χ1v) is 18.7. The molecule has 0 atom stereocenters. The summed E-state index contributed by atoms with van der Waals surface area (Å²) in [5, 5.41) is 0. The van der Waals surface area contributed by atoms with Gasteiger partial charge < -0.3 is 9.45 Å². The molecule has 5 nitrogen and oxygen atoms in total. The Bertz CT molecular complexity index is 2030. The zero-order valence-electron chi connectivity index (χ0n) is 29.7. The van der Waals surface area contributed by atoms with Gasteiger partial charge in [-0.1, -0.05) is 86.3 Å². The third-order valence-electron chi connectivity index (χ3n) is 9.14. The highest BCUT2D eigenvalue weighted by molar-refractivity contribution is 7.85. The van der Waals surface area contributed by atoms with Crippen molar-refractivity contribution in [1.82, 2.24) is 0 Å². The maximum atomic E-state index is 12.6. The molecule has 0 aromatic heterocycles. The molecule has 0 amide bonds. The summed E-state index contributed by atoms with van der Waals surface area (Å²) in [5.74, 6) is 0. The van der Waals surface area contributed by atoms with Crippen molar-refractivity contribution in [3.63, 3.8) is 0 Å². The quantitative estimate of drug-likeness (QED) is 0.111. The van der Waals surface area contributed by atoms with Gasteiger partial charge in [0.1, 0.15) is 16.7 Å². The molecule has 0 aliphatic heterocycles. The number of anilines is 2. The zero-order valence-corrected chi connectivity index (χ0v) is 30.5. The van der Waals surface area contributed by atoms with Crippen molar-refractivity contribution in [2.24, 2.45) is 0 Å². The molecule has 0 radical (unpaired) electrons. The molecule has 1 aliphatic rings. The van der Waals surface area contributed by atoms with Crippen LogP contribution in [0.5, 0.6) is 0 Å². The summed E-state index contributed by atoms with van der Waals surface area (Å²) in [5.41, 5.74) is 11.8. The van der Waals surface area contributed by atoms with Crippen LogP contribution in [-0.4, -0.2) is 36.3 Å². The largest absolute Gasteiger partial charge is 0.744 e. The van der Waals surface area contributed by atoms with Gasteiger partial charge in [0.25, 0.3) is 0 Å². The number of unbranched alkanes of at least 4 members (excludes halogenated alkanes) is 2. The van der Waals surface area contributed by atoms with E-state index in [0.29, 0.717) is 11.1 Å². The van der Waals surface area contributed by atoms with Crippen LogP contribution in [0.25, 0.3) is 5.57 Å². The first kappa shape index (κ1) is 35.8. The van der Waals surface area contributed by atoms with Gasteiger partial charge in [-0.25, -0.2) is 8.42 Å². The number of aryl methyl sites for hydroxylation is 3. The van der Waals surface area contributed by atoms with Gasteiger partial charge in [0.15, 0.2) is 0 Å². The first-order valence-electron chi connectivity index (χ1n) is 17.3. The number of nitrogens with zero attached hydrogens (tertiary/aromatic N) is 2. The molecule has 1 aliphatic carbocycles. The molecular formula is C43H48N2O3S. The van der Waals surface area contributed by atoms with Crippen LogP contribution in [0.1, 0.15) is 74.3 Å². The minimum atomic E-state index is -4.74. The summed E-state index contributed by atoms with van der Waals surface area (Å²) in [6, 6.07) is 30.1. The predicted molar refractivity (Wildman–Crippen MR) is 203 cm³/mol. The Morgan fingerprint density at radius 2 is 1.43 bits per heavy atom. The van der Waals surface area contributed by atoms with Crippen molar-refractivity contribution in [2.75, 3.05) is 18.0 Å². The first-order chi connectivity index (χ1) is 23.5. The Morgan fingerprint density at radius 1 is 0.776 bits per heavy atom. The molecule has 0 unspecified atom stereocenters. The summed E-state index contributed by atoms with van der Waals surface area (Å²) < 4.78 is 40.2. The molecule has 49 heavy (non-hydrogen) atoms. The molecule has 6 heteroatoms. The molecule has 5 rings (SSSR count). The lowest BCUT2D eigenvalue weighted by Crippen LogP contribution is -2.20. The van der Waals surface area contributed by atoms with E-state index in [9.17, 15) is 13.0 Å². The molecule has 0 saturated carbocycles. The standard InChI is InChI=1S/C43H48N2O3S/c1-7-9-27-44(37-21-15-31(3)16-22-37)40-25-19-35(29-33(40)5)43(39-13-11-12-14-42(39)49(46,47)48)36-20-26-41(34(6)30-36)45(28-10-8-2)38-23-17-32(4)18-24-38/h11-26,29-30H,7-10,27-28H2,1-6H3. The number of allylic oxidation sites excluding steroid dienone is 5. The van der Waals surface area contributed by atoms with Gasteiger partial charge in [-0.15, -0.1) is 0 Å². The van der Waals surface area contributed by atoms with Gasteiger partial charge in [-0.3, -0.25) is 0 Å². The molecule has 254 valence electrons. The Morgan fingerprint density at radius 3 is 2.04 bits per heavy atom. The van der Waals surface area contributed by atoms with E-state index in [1.54, 1.807) is 18.2 Å². The lowest BCUT2D eigenvalue weighted by molar-refractivity contribution is -0.440. The highest BCUT2D eigenvalue weighted by atomic mass is 32.2. The highest BCUT2D eigenvalue weighted by Crippen LogP contribution is 2.38. The van der Waals surface area contributed by atoms with E-state index in [0.717, 1.165) is 83.8 Å². The Balaban J connectivity index is 1.70. The fraction of sp³-hybridized carbons (Fsp3) is 0.279. The number of rotatable bonds is 12. The Labute approximate surface area is 293 Å². The van der Waals surface area contributed by atoms with Crippen molar-refractivity contribution < 1.29 is 17.5 Å². The third kappa shape index (κ3) is 8.38. The highest BCUT2D eigenvalue weighted by Gasteiger charge is 2.24. The van der Waals surface area contributed by atoms with Gasteiger partial charge in [0.05, 0.1) is 4.90 Å². The van der Waals surface area contributed by atoms with Gasteiger partial charge in [0.2, 0.25) is 11.4 Å². The number of hydrogen-bond acceptors (Lipinski definition) is 4. The molecule has 0 saturated heterocycles. The van der Waals surface area contributed by atoms with Gasteiger partial charge in [-0.05, 0) is 98.9 Å². The lowest BCUT2D eigenvalue weighted by Gasteiger charge is -2.28. The average molecular weight is 673 g/mol. The van der Waals surface area contributed by atoms with E-state index in [1.165, 1.54) is 17.2 Å². The van der Waals surface area contributed by atoms with E-state index in [1.807, 2.05) is 0 Å². The fourth-order valence-corrected chi connectivity index (χ4v) is 7.14. The maximum absolute atomic E-state index is 12.6. The van der Waals surface area contributed by atoms with Crippen LogP contribution in [0.4, 0.5) is 17.1 Å². The lowest BCUT2D eigenvalue weighted by atomic mass is 9.88. The van der Waals surface area contributed by atoms with E-state index in [4.69, 9.17) is 0 Å². The third-order valence-corrected chi connectivity index (χ3v) is 10.0. The molecule has 0 fully saturated rings. The second-order valence-electron chi connectivity index (χ2n) is 13.0. The molecular weight excluding hydrogens is 625 g/mol. The van der Waals surface area contributed by atoms with E-state index in [-0.39, 0.29) is 4.90 Å². The summed E-state index contributed by atoms with van der Waals surface area (Å²) >= 11 is 0. The van der Waals surface area contributed by atoms with Crippen LogP contribution >= 0.6 is 0 Å². The maximum Gasteiger partial charge on any atom is 0.208 e. The molecule has 4 aromatic rings. The van der Waals surface area contributed by atoms with Crippen LogP contribution < -0.4 is 4.90 Å². The summed E-state index contributed by atoms with van der Waals surface area (Å²) in [6.45, 7) is 14.5. The minimum absolute atomic E-state index is 0.220. The predicted octanol–water partition coefficient (Wildman–Crippen LogP) is 10.4. The molecule has 0 N–H and O–H groups in total. The summed E-state index contributed by atoms with van der Waals surface area (Å²) in [7, 11) is -4.74. The molecule has 0 spiro atoms. The summed E-state index contributed by atoms with van der Waals surface area (Å²) in [6.07, 6.45) is 10.5. The van der Waals surface area contributed by atoms with Crippen LogP contribution in [0.3, 0.4) is 0 Å². The van der Waals surface area contributed by atoms with E-state index < -0.39 is 10.1 Å². The van der Waals surface area contributed by atoms with Gasteiger partial charge in [-0.2, -0.15) is 4.58 Å². The SMILES string of the molecule is CCCCN(c1ccc(C)cc1)c1ccc(/C(=C2\C=CC(=[N+](CCCC)c3ccc(C)cc3)C(C)=C2)c2ccccc2S(=O)(=O)[O-])cc1C. The fourth-order valence-electron chi connectivity index (χ4n) is 6.46. The second-order valence-corrected chi connectivity index (χ2v) is 14.4. The number of benzene rings is 4. The topological polar surface area (TPSA) is 63.5 Å². The normalized spacial score (nSPS) is 15.2. The molecule has 0 heterocycles. The van der Waals surface area contributed by atoms with E-state index >= 15 is 0 Å². The average Bonchev–Trinajstić information content (AvgIpc) is 3.08. The van der Waals surface area contributed by atoms with Crippen molar-refractivity contribution in [3.05, 3.63) is 148 Å². The monoisotopic (exact) mass is 672 g/mol. The van der Waals surface area contributed by atoms with Gasteiger partial charge >= 0.3 is 0 Å². The smallest absolute Gasteiger partial charge is 0.208 e. The summed E-state index contributed by atoms with van der Waals surface area (Å²) in [4.78, 5) is 2.13. The van der Waals surface area contributed by atoms with Crippen molar-refractivity contribution in [1.29, 1.82) is 0 Å². The molecule has 4 aromatic carbocycles. The van der Waals surface area contributed by atoms with Crippen LogP contribution in [0, 0.1) is 20.8 Å². The molecule has 0 bridgehead atoms. The minimum Gasteiger partial charge on any atom is -0.744 e. The van der Waals surface area contributed by atoms with Crippen molar-refractivity contribution >= 4 is 38.5 Å². The van der Waals surface area contributed by atoms with Crippen molar-refractivity contribution in [2.45, 2.75) is 72.1 Å². The van der Waals surface area contributed by atoms with Crippen LogP contribution in [0.15, 0.2) is 125 Å². The van der Waals surface area contributed by atoms with Crippen LogP contribution in [0.2, 0.25) is 0 Å². The van der Waals surface area contributed by atoms with Crippen molar-refractivity contribution in [3.8, 4) is 0 Å². The Kier molecular flexibility index (Phi) is 11.5. The number of hydrogen-bond donors (Lipinski definition) is 0. The van der Waals surface area contributed by atoms with Gasteiger partial charge in [0, 0.05) is 53.7 Å². The zero-order chi connectivity index (χ0) is 35.1. The Hall–Kier alpha value is -4.52.